The molecule has 0 aliphatic heterocycles. The van der Waals surface area contributed by atoms with E-state index in [0.717, 1.165) is 0 Å². The minimum atomic E-state index is -6.92. The predicted molar refractivity (Wildman–Crippen MR) is 72.6 cm³/mol. The quantitative estimate of drug-likeness (QED) is 0.149. The fourth-order valence-electron chi connectivity index (χ4n) is 1.25. The summed E-state index contributed by atoms with van der Waals surface area (Å²) in [6.45, 7) is 0. The van der Waals surface area contributed by atoms with Crippen molar-refractivity contribution in [3.8, 4) is 0 Å². The van der Waals surface area contributed by atoms with E-state index in [1.54, 1.807) is 0 Å². The van der Waals surface area contributed by atoms with Crippen LogP contribution in [0, 0.1) is 12.8 Å². The number of hydrogen-bond acceptors (Lipinski definition) is 4. The number of halogens is 20. The second-order valence-corrected chi connectivity index (χ2v) is 6.03. The molecule has 0 atom stereocenters. The predicted octanol–water partition coefficient (Wildman–Crippen LogP) is 5.45. The van der Waals surface area contributed by atoms with Crippen molar-refractivity contribution in [1.82, 2.24) is 0 Å². The Balaban J connectivity index is -0.000000648. The number of carbonyl (C=O) groups is 4. The van der Waals surface area contributed by atoms with Crippen molar-refractivity contribution in [2.75, 3.05) is 0 Å². The smallest absolute Gasteiger partial charge is 0.327 e. The molecule has 0 aromatic heterocycles. The standard InChI is InChI=1S/2C7HF10O2.Cu/c2*8-4(9,6(13,14)7(15,16)17)2(18)1-3(19)5(10,11)12;/h2*1H;/q2*-1;+2. The van der Waals surface area contributed by atoms with E-state index in [1.807, 2.05) is 0 Å². The number of Topliss-reactive ketones (excluding diaryl/α,β-unsaturated/α-hetero) is 4. The van der Waals surface area contributed by atoms with Gasteiger partial charge in [0.2, 0.25) is 0 Å². The molecule has 0 heterocycles. The molecule has 1 radical (unpaired) electrons. The monoisotopic (exact) mass is 677 g/mol. The number of hydrogen-bond donors (Lipinski definition) is 0. The fraction of sp³-hybridized carbons (Fsp3) is 0.571. The third-order valence-corrected chi connectivity index (χ3v) is 3.20. The normalized spacial score (nSPS) is 13.8. The molecule has 0 aliphatic rings. The van der Waals surface area contributed by atoms with Gasteiger partial charge in [-0.15, -0.1) is 0 Å². The maximum atomic E-state index is 12.5. The first-order valence-electron chi connectivity index (χ1n) is 7.75. The summed E-state index contributed by atoms with van der Waals surface area (Å²) in [5.74, 6) is -40.7. The van der Waals surface area contributed by atoms with Crippen molar-refractivity contribution in [3.05, 3.63) is 12.8 Å². The molecule has 39 heavy (non-hydrogen) atoms. The zero-order chi connectivity index (χ0) is 31.7. The van der Waals surface area contributed by atoms with Gasteiger partial charge in [0.25, 0.3) is 0 Å². The van der Waals surface area contributed by atoms with Crippen molar-refractivity contribution in [2.24, 2.45) is 0 Å². The largest absolute Gasteiger partial charge is 2.00 e. The third-order valence-electron chi connectivity index (χ3n) is 3.20. The Morgan fingerprint density at radius 2 is 0.538 bits per heavy atom. The molecule has 0 fully saturated rings. The van der Waals surface area contributed by atoms with Gasteiger partial charge in [0.15, 0.2) is 0 Å². The van der Waals surface area contributed by atoms with Crippen molar-refractivity contribution >= 4 is 23.1 Å². The van der Waals surface area contributed by atoms with Crippen LogP contribution in [0.2, 0.25) is 0 Å². The average Bonchev–Trinajstić information content (AvgIpc) is 2.64. The molecule has 0 unspecified atom stereocenters. The first-order valence-corrected chi connectivity index (χ1v) is 7.75. The van der Waals surface area contributed by atoms with Crippen LogP contribution < -0.4 is 0 Å². The summed E-state index contributed by atoms with van der Waals surface area (Å²) >= 11 is 0. The van der Waals surface area contributed by atoms with Crippen molar-refractivity contribution in [3.63, 3.8) is 0 Å². The maximum absolute atomic E-state index is 12.5. The molecular formula is C14H2CuF20O4. The van der Waals surface area contributed by atoms with Crippen molar-refractivity contribution in [2.45, 2.75) is 48.4 Å². The van der Waals surface area contributed by atoms with Crippen LogP contribution in [-0.2, 0) is 36.2 Å². The molecule has 0 N–H and O–H groups in total. The Morgan fingerprint density at radius 1 is 0.359 bits per heavy atom. The maximum Gasteiger partial charge on any atom is 2.00 e. The van der Waals surface area contributed by atoms with Gasteiger partial charge in [-0.2, -0.15) is 87.8 Å². The summed E-state index contributed by atoms with van der Waals surface area (Å²) in [5.41, 5.74) is 0. The van der Waals surface area contributed by atoms with Gasteiger partial charge in [0, 0.05) is 0 Å². The van der Waals surface area contributed by atoms with Crippen molar-refractivity contribution < 1.29 is 124 Å². The molecule has 233 valence electrons. The average molecular weight is 678 g/mol. The van der Waals surface area contributed by atoms with Gasteiger partial charge >= 0.3 is 65.5 Å². The summed E-state index contributed by atoms with van der Waals surface area (Å²) in [6, 6.07) is 0. The molecule has 0 saturated carbocycles. The van der Waals surface area contributed by atoms with Gasteiger partial charge in [0.1, 0.15) is 11.6 Å². The Hall–Kier alpha value is -2.46. The van der Waals surface area contributed by atoms with Crippen molar-refractivity contribution in [1.29, 1.82) is 0 Å². The Bertz CT molecular complexity index is 833. The van der Waals surface area contributed by atoms with Gasteiger partial charge in [-0.3, -0.25) is 0 Å². The van der Waals surface area contributed by atoms with E-state index in [2.05, 4.69) is 0 Å². The molecule has 0 spiro atoms. The first-order chi connectivity index (χ1) is 16.1. The molecular weight excluding hydrogens is 676 g/mol. The van der Waals surface area contributed by atoms with E-state index >= 15 is 0 Å². The van der Waals surface area contributed by atoms with E-state index in [-0.39, 0.29) is 17.1 Å². The molecule has 25 heteroatoms. The van der Waals surface area contributed by atoms with Crippen LogP contribution in [0.1, 0.15) is 0 Å². The minimum absolute atomic E-state index is 0. The zero-order valence-electron chi connectivity index (χ0n) is 16.6. The molecule has 0 aromatic carbocycles. The molecule has 4 nitrogen and oxygen atoms in total. The Kier molecular flexibility index (Phi) is 12.6. The summed E-state index contributed by atoms with van der Waals surface area (Å²) in [5, 5.41) is 0. The van der Waals surface area contributed by atoms with E-state index < -0.39 is 84.4 Å². The minimum Gasteiger partial charge on any atom is -0.327 e. The van der Waals surface area contributed by atoms with E-state index in [1.165, 1.54) is 0 Å². The Morgan fingerprint density at radius 3 is 0.667 bits per heavy atom. The van der Waals surface area contributed by atoms with Crippen LogP contribution in [0.5, 0.6) is 0 Å². The Labute approximate surface area is 209 Å². The fourth-order valence-corrected chi connectivity index (χ4v) is 1.25. The SMILES string of the molecule is O=C([CH-]C(=O)C(F)(F)C(F)(F)C(F)(F)F)C(F)(F)F.O=C([CH-]C(=O)C(F)(F)C(F)(F)C(F)(F)F)C(F)(F)F.[Cu+2]. The number of carbonyl (C=O) groups excluding carboxylic acids is 4. The molecule has 0 amide bonds. The van der Waals surface area contributed by atoms with Crippen LogP contribution in [0.4, 0.5) is 87.8 Å². The van der Waals surface area contributed by atoms with Crippen LogP contribution in [-0.4, -0.2) is 71.5 Å². The summed E-state index contributed by atoms with van der Waals surface area (Å²) in [6.07, 6.45) is -28.6. The topological polar surface area (TPSA) is 68.3 Å². The van der Waals surface area contributed by atoms with Crippen LogP contribution in [0.15, 0.2) is 0 Å². The molecule has 0 aromatic rings. The molecule has 0 bridgehead atoms. The molecule has 0 rings (SSSR count). The summed E-state index contributed by atoms with van der Waals surface area (Å²) < 4.78 is 237. The summed E-state index contributed by atoms with van der Waals surface area (Å²) in [4.78, 5) is 40.7. The zero-order valence-corrected chi connectivity index (χ0v) is 17.6. The van der Waals surface area contributed by atoms with E-state index in [4.69, 9.17) is 0 Å². The van der Waals surface area contributed by atoms with E-state index in [0.29, 0.717) is 0 Å². The number of rotatable bonds is 8. The second kappa shape index (κ2) is 12.0. The van der Waals surface area contributed by atoms with Gasteiger partial charge < -0.3 is 19.2 Å². The number of ketones is 4. The van der Waals surface area contributed by atoms with Gasteiger partial charge in [-0.05, 0) is 0 Å². The van der Waals surface area contributed by atoms with Crippen LogP contribution in [0.25, 0.3) is 0 Å². The number of alkyl halides is 20. The van der Waals surface area contributed by atoms with Crippen LogP contribution in [0.3, 0.4) is 0 Å². The first kappa shape index (κ1) is 41.0. The van der Waals surface area contributed by atoms with Crippen LogP contribution >= 0.6 is 0 Å². The summed E-state index contributed by atoms with van der Waals surface area (Å²) in [7, 11) is 0. The van der Waals surface area contributed by atoms with Gasteiger partial charge in [0.05, 0.1) is 11.6 Å². The van der Waals surface area contributed by atoms with Gasteiger partial charge in [-0.25, -0.2) is 12.8 Å². The second-order valence-electron chi connectivity index (χ2n) is 6.03. The van der Waals surface area contributed by atoms with Gasteiger partial charge in [-0.1, -0.05) is 0 Å². The molecule has 0 aliphatic carbocycles. The van der Waals surface area contributed by atoms with E-state index in [9.17, 15) is 107 Å². The molecule has 0 saturated heterocycles. The third kappa shape index (κ3) is 9.31.